The van der Waals surface area contributed by atoms with E-state index in [0.717, 1.165) is 19.4 Å². The normalized spacial score (nSPS) is 27.5. The number of methoxy groups -OCH3 is 1. The van der Waals surface area contributed by atoms with E-state index in [1.807, 2.05) is 0 Å². The van der Waals surface area contributed by atoms with Crippen molar-refractivity contribution in [1.82, 2.24) is 10.0 Å². The summed E-state index contributed by atoms with van der Waals surface area (Å²) < 4.78 is 31.5. The van der Waals surface area contributed by atoms with E-state index in [9.17, 15) is 8.42 Å². The van der Waals surface area contributed by atoms with Crippen molar-refractivity contribution in [1.29, 1.82) is 0 Å². The summed E-state index contributed by atoms with van der Waals surface area (Å²) in [4.78, 5) is 0. The number of hydrogen-bond donors (Lipinski definition) is 2. The Balaban J connectivity index is 1.90. The third kappa shape index (κ3) is 4.41. The molecule has 0 aromatic carbocycles. The van der Waals surface area contributed by atoms with Gasteiger partial charge in [0, 0.05) is 18.7 Å². The largest absolute Gasteiger partial charge is 0.384 e. The molecule has 2 fully saturated rings. The smallest absolute Gasteiger partial charge is 0.214 e. The first kappa shape index (κ1) is 15.2. The lowest BCUT2D eigenvalue weighted by atomic mass is 9.75. The Hall–Kier alpha value is -0.170. The Morgan fingerprint density at radius 3 is 2.74 bits per heavy atom. The van der Waals surface area contributed by atoms with Gasteiger partial charge in [-0.05, 0) is 32.2 Å². The maximum atomic E-state index is 11.9. The second kappa shape index (κ2) is 6.52. The van der Waals surface area contributed by atoms with Crippen LogP contribution in [0.4, 0.5) is 0 Å². The van der Waals surface area contributed by atoms with Crippen LogP contribution in [-0.2, 0) is 14.8 Å². The van der Waals surface area contributed by atoms with Gasteiger partial charge in [0.2, 0.25) is 10.0 Å². The Morgan fingerprint density at radius 2 is 2.05 bits per heavy atom. The molecule has 1 aliphatic heterocycles. The number of hydrogen-bond acceptors (Lipinski definition) is 4. The monoisotopic (exact) mass is 290 g/mol. The fraction of sp³-hybridized carbons (Fsp3) is 1.00. The number of sulfonamides is 1. The van der Waals surface area contributed by atoms with Crippen LogP contribution in [0, 0.1) is 0 Å². The first-order chi connectivity index (χ1) is 9.05. The Morgan fingerprint density at radius 1 is 1.32 bits per heavy atom. The lowest BCUT2D eigenvalue weighted by molar-refractivity contribution is 0.165. The SMILES string of the molecule is COCCS(=O)(=O)NC1CCNC2(CCCCC2)C1. The number of nitrogens with one attached hydrogen (secondary N) is 2. The average molecular weight is 290 g/mol. The second-order valence-corrected chi connectivity index (χ2v) is 7.76. The summed E-state index contributed by atoms with van der Waals surface area (Å²) in [5, 5.41) is 3.63. The average Bonchev–Trinajstić information content (AvgIpc) is 2.37. The highest BCUT2D eigenvalue weighted by molar-refractivity contribution is 7.89. The summed E-state index contributed by atoms with van der Waals surface area (Å²) in [6.45, 7) is 1.17. The van der Waals surface area contributed by atoms with Gasteiger partial charge in [-0.2, -0.15) is 0 Å². The molecule has 2 N–H and O–H groups in total. The molecule has 0 radical (unpaired) electrons. The van der Waals surface area contributed by atoms with Gasteiger partial charge >= 0.3 is 0 Å². The van der Waals surface area contributed by atoms with Gasteiger partial charge in [0.1, 0.15) is 0 Å². The predicted molar refractivity (Wildman–Crippen MR) is 75.6 cm³/mol. The van der Waals surface area contributed by atoms with Gasteiger partial charge in [-0.15, -0.1) is 0 Å². The van der Waals surface area contributed by atoms with E-state index in [1.54, 1.807) is 0 Å². The minimum Gasteiger partial charge on any atom is -0.384 e. The van der Waals surface area contributed by atoms with Crippen molar-refractivity contribution in [2.24, 2.45) is 0 Å². The van der Waals surface area contributed by atoms with Gasteiger partial charge in [-0.1, -0.05) is 19.3 Å². The minimum absolute atomic E-state index is 0.0560. The lowest BCUT2D eigenvalue weighted by Crippen LogP contribution is -2.57. The molecular weight excluding hydrogens is 264 g/mol. The summed E-state index contributed by atoms with van der Waals surface area (Å²) >= 11 is 0. The summed E-state index contributed by atoms with van der Waals surface area (Å²) in [6.07, 6.45) is 8.01. The fourth-order valence-electron chi connectivity index (χ4n) is 3.37. The van der Waals surface area contributed by atoms with Crippen molar-refractivity contribution in [3.05, 3.63) is 0 Å². The number of rotatable bonds is 5. The van der Waals surface area contributed by atoms with Crippen LogP contribution in [0.3, 0.4) is 0 Å². The summed E-state index contributed by atoms with van der Waals surface area (Å²) in [7, 11) is -1.68. The molecule has 1 spiro atoms. The van der Waals surface area contributed by atoms with E-state index in [1.165, 1.54) is 39.2 Å². The topological polar surface area (TPSA) is 67.4 Å². The third-order valence-electron chi connectivity index (χ3n) is 4.34. The van der Waals surface area contributed by atoms with Gasteiger partial charge in [0.05, 0.1) is 12.4 Å². The van der Waals surface area contributed by atoms with Crippen LogP contribution < -0.4 is 10.0 Å². The molecule has 5 nitrogen and oxygen atoms in total. The van der Waals surface area contributed by atoms with E-state index in [2.05, 4.69) is 10.0 Å². The Labute approximate surface area is 116 Å². The van der Waals surface area contributed by atoms with Crippen LogP contribution in [0.15, 0.2) is 0 Å². The Bertz CT molecular complexity index is 372. The van der Waals surface area contributed by atoms with Crippen molar-refractivity contribution in [2.75, 3.05) is 26.0 Å². The van der Waals surface area contributed by atoms with E-state index in [4.69, 9.17) is 4.74 Å². The maximum absolute atomic E-state index is 11.9. The maximum Gasteiger partial charge on any atom is 0.214 e. The minimum atomic E-state index is -3.20. The zero-order valence-electron chi connectivity index (χ0n) is 11.8. The van der Waals surface area contributed by atoms with E-state index in [-0.39, 0.29) is 23.9 Å². The summed E-state index contributed by atoms with van der Waals surface area (Å²) in [5.74, 6) is 0.0560. The highest BCUT2D eigenvalue weighted by Gasteiger charge is 2.37. The standard InChI is InChI=1S/C13H26N2O3S/c1-18-9-10-19(16,17)15-12-5-8-14-13(11-12)6-3-2-4-7-13/h12,14-15H,2-11H2,1H3. The fourth-order valence-corrected chi connectivity index (χ4v) is 4.59. The molecule has 1 saturated heterocycles. The van der Waals surface area contributed by atoms with Crippen LogP contribution in [0.1, 0.15) is 44.9 Å². The molecule has 1 aliphatic carbocycles. The van der Waals surface area contributed by atoms with E-state index >= 15 is 0 Å². The first-order valence-electron chi connectivity index (χ1n) is 7.29. The van der Waals surface area contributed by atoms with Crippen molar-refractivity contribution >= 4 is 10.0 Å². The third-order valence-corrected chi connectivity index (χ3v) is 5.74. The van der Waals surface area contributed by atoms with Gasteiger partial charge < -0.3 is 10.1 Å². The molecule has 0 aromatic heterocycles. The van der Waals surface area contributed by atoms with Gasteiger partial charge in [-0.25, -0.2) is 13.1 Å². The molecule has 0 amide bonds. The quantitative estimate of drug-likeness (QED) is 0.793. The molecule has 19 heavy (non-hydrogen) atoms. The predicted octanol–water partition coefficient (Wildman–Crippen LogP) is 1.01. The zero-order valence-corrected chi connectivity index (χ0v) is 12.6. The number of ether oxygens (including phenoxy) is 1. The molecule has 112 valence electrons. The molecule has 1 heterocycles. The van der Waals surface area contributed by atoms with Gasteiger partial charge in [0.25, 0.3) is 0 Å². The second-order valence-electron chi connectivity index (χ2n) is 5.89. The highest BCUT2D eigenvalue weighted by atomic mass is 32.2. The zero-order chi connectivity index (χ0) is 13.8. The first-order valence-corrected chi connectivity index (χ1v) is 8.94. The van der Waals surface area contributed by atoms with Crippen molar-refractivity contribution in [2.45, 2.75) is 56.5 Å². The Kier molecular flexibility index (Phi) is 5.22. The lowest BCUT2D eigenvalue weighted by Gasteiger charge is -2.44. The molecule has 1 saturated carbocycles. The van der Waals surface area contributed by atoms with Crippen LogP contribution >= 0.6 is 0 Å². The highest BCUT2D eigenvalue weighted by Crippen LogP contribution is 2.34. The van der Waals surface area contributed by atoms with Crippen molar-refractivity contribution in [3.63, 3.8) is 0 Å². The molecule has 0 bridgehead atoms. The molecule has 1 unspecified atom stereocenters. The van der Waals surface area contributed by atoms with Crippen molar-refractivity contribution in [3.8, 4) is 0 Å². The van der Waals surface area contributed by atoms with Crippen LogP contribution in [-0.4, -0.2) is 46.0 Å². The molecule has 6 heteroatoms. The molecule has 2 rings (SSSR count). The molecule has 2 aliphatic rings. The van der Waals surface area contributed by atoms with Gasteiger partial charge in [-0.3, -0.25) is 0 Å². The van der Waals surface area contributed by atoms with Crippen LogP contribution in [0.2, 0.25) is 0 Å². The molecule has 0 aromatic rings. The van der Waals surface area contributed by atoms with Crippen LogP contribution in [0.5, 0.6) is 0 Å². The van der Waals surface area contributed by atoms with Crippen molar-refractivity contribution < 1.29 is 13.2 Å². The van der Waals surface area contributed by atoms with Gasteiger partial charge in [0.15, 0.2) is 0 Å². The number of piperidine rings is 1. The van der Waals surface area contributed by atoms with Crippen LogP contribution in [0.25, 0.3) is 0 Å². The molecular formula is C13H26N2O3S. The summed E-state index contributed by atoms with van der Waals surface area (Å²) in [6, 6.07) is 0.0845. The summed E-state index contributed by atoms with van der Waals surface area (Å²) in [5.41, 5.74) is 0.185. The van der Waals surface area contributed by atoms with E-state index < -0.39 is 10.0 Å². The molecule has 1 atom stereocenters. The van der Waals surface area contributed by atoms with E-state index in [0.29, 0.717) is 0 Å².